The standard InChI is InChI=1S/C17H20N2O3/c20-17(18(15-10-11-15)14-3-1-2-4-14)12-7-13-5-8-16(9-6-13)19(21)22/h5-9,12,14-15H,1-4,10-11H2/b12-7+. The van der Waals surface area contributed by atoms with E-state index in [0.29, 0.717) is 12.1 Å². The maximum Gasteiger partial charge on any atom is 0.269 e. The van der Waals surface area contributed by atoms with Gasteiger partial charge in [-0.1, -0.05) is 12.8 Å². The topological polar surface area (TPSA) is 63.4 Å². The second-order valence-electron chi connectivity index (χ2n) is 6.10. The van der Waals surface area contributed by atoms with Crippen LogP contribution in [0.1, 0.15) is 44.1 Å². The van der Waals surface area contributed by atoms with Crippen molar-refractivity contribution in [2.75, 3.05) is 0 Å². The average Bonchev–Trinajstić information content (AvgIpc) is 3.20. The van der Waals surface area contributed by atoms with Gasteiger partial charge in [0.05, 0.1) is 4.92 Å². The molecule has 0 spiro atoms. The first-order valence-corrected chi connectivity index (χ1v) is 7.90. The lowest BCUT2D eigenvalue weighted by Gasteiger charge is -2.27. The SMILES string of the molecule is O=C(/C=C/c1ccc([N+](=O)[O-])cc1)N(C1CCCC1)C1CC1. The van der Waals surface area contributed by atoms with Crippen molar-refractivity contribution in [2.45, 2.75) is 50.6 Å². The van der Waals surface area contributed by atoms with Crippen LogP contribution >= 0.6 is 0 Å². The molecule has 0 N–H and O–H groups in total. The Morgan fingerprint density at radius 2 is 1.68 bits per heavy atom. The lowest BCUT2D eigenvalue weighted by molar-refractivity contribution is -0.384. The van der Waals surface area contributed by atoms with E-state index in [2.05, 4.69) is 4.90 Å². The highest BCUT2D eigenvalue weighted by Gasteiger charge is 2.37. The minimum absolute atomic E-state index is 0.0639. The summed E-state index contributed by atoms with van der Waals surface area (Å²) in [5, 5.41) is 10.6. The Labute approximate surface area is 129 Å². The Hall–Kier alpha value is -2.17. The molecule has 0 radical (unpaired) electrons. The summed E-state index contributed by atoms with van der Waals surface area (Å²) in [6.45, 7) is 0. The molecule has 0 bridgehead atoms. The molecule has 1 aromatic carbocycles. The van der Waals surface area contributed by atoms with Crippen LogP contribution in [0.2, 0.25) is 0 Å². The van der Waals surface area contributed by atoms with Gasteiger partial charge in [0.15, 0.2) is 0 Å². The maximum absolute atomic E-state index is 12.5. The van der Waals surface area contributed by atoms with E-state index in [1.165, 1.54) is 25.0 Å². The fourth-order valence-corrected chi connectivity index (χ4v) is 3.15. The predicted molar refractivity (Wildman–Crippen MR) is 84.3 cm³/mol. The van der Waals surface area contributed by atoms with Crippen molar-refractivity contribution in [3.8, 4) is 0 Å². The van der Waals surface area contributed by atoms with E-state index < -0.39 is 4.92 Å². The molecule has 2 saturated carbocycles. The van der Waals surface area contributed by atoms with E-state index in [-0.39, 0.29) is 11.6 Å². The van der Waals surface area contributed by atoms with Crippen molar-refractivity contribution in [3.05, 3.63) is 46.0 Å². The van der Waals surface area contributed by atoms with Gasteiger partial charge in [-0.3, -0.25) is 14.9 Å². The zero-order chi connectivity index (χ0) is 15.5. The molecule has 0 atom stereocenters. The van der Waals surface area contributed by atoms with E-state index in [1.807, 2.05) is 0 Å². The number of carbonyl (C=O) groups excluding carboxylic acids is 1. The minimum Gasteiger partial charge on any atom is -0.333 e. The first kappa shape index (κ1) is 14.8. The molecule has 0 unspecified atom stereocenters. The minimum atomic E-state index is -0.423. The van der Waals surface area contributed by atoms with Crippen molar-refractivity contribution < 1.29 is 9.72 Å². The number of amides is 1. The first-order valence-electron chi connectivity index (χ1n) is 7.90. The summed E-state index contributed by atoms with van der Waals surface area (Å²) in [6.07, 6.45) is 10.3. The van der Waals surface area contributed by atoms with Crippen LogP contribution < -0.4 is 0 Å². The smallest absolute Gasteiger partial charge is 0.269 e. The third-order valence-corrected chi connectivity index (χ3v) is 4.44. The number of nitro benzene ring substituents is 1. The van der Waals surface area contributed by atoms with Crippen LogP contribution in [0.15, 0.2) is 30.3 Å². The Morgan fingerprint density at radius 1 is 1.09 bits per heavy atom. The van der Waals surface area contributed by atoms with Crippen molar-refractivity contribution in [3.63, 3.8) is 0 Å². The zero-order valence-electron chi connectivity index (χ0n) is 12.5. The van der Waals surface area contributed by atoms with Crippen LogP contribution in [-0.4, -0.2) is 27.8 Å². The maximum atomic E-state index is 12.5. The van der Waals surface area contributed by atoms with E-state index in [4.69, 9.17) is 0 Å². The van der Waals surface area contributed by atoms with Gasteiger partial charge >= 0.3 is 0 Å². The zero-order valence-corrected chi connectivity index (χ0v) is 12.5. The van der Waals surface area contributed by atoms with Gasteiger partial charge in [0.1, 0.15) is 0 Å². The van der Waals surface area contributed by atoms with Crippen LogP contribution in [0.25, 0.3) is 6.08 Å². The average molecular weight is 300 g/mol. The fraction of sp³-hybridized carbons (Fsp3) is 0.471. The second-order valence-corrected chi connectivity index (χ2v) is 6.10. The predicted octanol–water partition coefficient (Wildman–Crippen LogP) is 3.54. The van der Waals surface area contributed by atoms with E-state index in [1.54, 1.807) is 24.3 Å². The summed E-state index contributed by atoms with van der Waals surface area (Å²) >= 11 is 0. The third kappa shape index (κ3) is 3.35. The number of hydrogen-bond acceptors (Lipinski definition) is 3. The van der Waals surface area contributed by atoms with Gasteiger partial charge in [0.2, 0.25) is 5.91 Å². The molecule has 0 saturated heterocycles. The van der Waals surface area contributed by atoms with Crippen LogP contribution in [0.4, 0.5) is 5.69 Å². The molecule has 0 heterocycles. The lowest BCUT2D eigenvalue weighted by atomic mass is 10.1. The molecule has 1 amide bonds. The highest BCUT2D eigenvalue weighted by Crippen LogP contribution is 2.34. The first-order chi connectivity index (χ1) is 10.6. The highest BCUT2D eigenvalue weighted by molar-refractivity contribution is 5.92. The molecule has 3 rings (SSSR count). The number of hydrogen-bond donors (Lipinski definition) is 0. The summed E-state index contributed by atoms with van der Waals surface area (Å²) in [5.41, 5.74) is 0.871. The van der Waals surface area contributed by atoms with Crippen molar-refractivity contribution in [1.82, 2.24) is 4.90 Å². The Kier molecular flexibility index (Phi) is 4.22. The van der Waals surface area contributed by atoms with Gasteiger partial charge in [-0.2, -0.15) is 0 Å². The molecule has 5 heteroatoms. The molecule has 1 aromatic rings. The molecule has 0 aliphatic heterocycles. The molecule has 116 valence electrons. The summed E-state index contributed by atoms with van der Waals surface area (Å²) in [6, 6.07) is 7.08. The summed E-state index contributed by atoms with van der Waals surface area (Å²) in [7, 11) is 0. The van der Waals surface area contributed by atoms with Crippen LogP contribution in [-0.2, 0) is 4.79 Å². The quantitative estimate of drug-likeness (QED) is 0.474. The van der Waals surface area contributed by atoms with E-state index in [9.17, 15) is 14.9 Å². The summed E-state index contributed by atoms with van der Waals surface area (Å²) in [4.78, 5) is 24.8. The molecular weight excluding hydrogens is 280 g/mol. The molecule has 5 nitrogen and oxygen atoms in total. The number of nitro groups is 1. The second kappa shape index (κ2) is 6.30. The monoisotopic (exact) mass is 300 g/mol. The Morgan fingerprint density at radius 3 is 2.23 bits per heavy atom. The van der Waals surface area contributed by atoms with Gasteiger partial charge < -0.3 is 4.90 Å². The largest absolute Gasteiger partial charge is 0.333 e. The Bertz CT molecular complexity index is 584. The van der Waals surface area contributed by atoms with Gasteiger partial charge in [-0.25, -0.2) is 0 Å². The van der Waals surface area contributed by atoms with Gasteiger partial charge in [0.25, 0.3) is 5.69 Å². The molecule has 0 aromatic heterocycles. The number of benzene rings is 1. The van der Waals surface area contributed by atoms with Crippen molar-refractivity contribution in [1.29, 1.82) is 0 Å². The van der Waals surface area contributed by atoms with Gasteiger partial charge in [-0.05, 0) is 49.5 Å². The molecule has 2 aliphatic rings. The number of non-ortho nitro benzene ring substituents is 1. The van der Waals surface area contributed by atoms with Gasteiger partial charge in [0, 0.05) is 30.3 Å². The van der Waals surface area contributed by atoms with Crippen LogP contribution in [0.5, 0.6) is 0 Å². The van der Waals surface area contributed by atoms with Crippen LogP contribution in [0, 0.1) is 10.1 Å². The molecule has 2 aliphatic carbocycles. The fourth-order valence-electron chi connectivity index (χ4n) is 3.15. The summed E-state index contributed by atoms with van der Waals surface area (Å²) in [5.74, 6) is 0.0766. The van der Waals surface area contributed by atoms with E-state index in [0.717, 1.165) is 31.2 Å². The van der Waals surface area contributed by atoms with Gasteiger partial charge in [-0.15, -0.1) is 0 Å². The number of rotatable bonds is 5. The number of nitrogens with zero attached hydrogens (tertiary/aromatic N) is 2. The molecule has 22 heavy (non-hydrogen) atoms. The van der Waals surface area contributed by atoms with Crippen LogP contribution in [0.3, 0.4) is 0 Å². The number of carbonyl (C=O) groups is 1. The highest BCUT2D eigenvalue weighted by atomic mass is 16.6. The molecule has 2 fully saturated rings. The summed E-state index contributed by atoms with van der Waals surface area (Å²) < 4.78 is 0. The third-order valence-electron chi connectivity index (χ3n) is 4.44. The lowest BCUT2D eigenvalue weighted by Crippen LogP contribution is -2.39. The Balaban J connectivity index is 1.67. The van der Waals surface area contributed by atoms with E-state index >= 15 is 0 Å². The van der Waals surface area contributed by atoms with Crippen molar-refractivity contribution in [2.24, 2.45) is 0 Å². The normalized spacial score (nSPS) is 18.7. The van der Waals surface area contributed by atoms with Crippen molar-refractivity contribution >= 4 is 17.7 Å². The molecular formula is C17H20N2O3.